The van der Waals surface area contributed by atoms with Crippen molar-refractivity contribution < 1.29 is 39.9 Å². The molecular formula is C37H44FN5O8S2-2. The number of aromatic nitrogens is 2. The zero-order chi connectivity index (χ0) is 39.0. The maximum absolute atomic E-state index is 14.0. The number of aryl methyl sites for hydroxylation is 2. The third-order valence-corrected chi connectivity index (χ3v) is 10.6. The molecule has 3 heterocycles. The van der Waals surface area contributed by atoms with Gasteiger partial charge in [-0.25, -0.2) is 31.2 Å². The Morgan fingerprint density at radius 2 is 1.43 bits per heavy atom. The standard InChI is InChI=1S/C23H30FN5O2.2C7H8O3S/c1-4-29(16(2)3)22(30)18-11-17(24)5-6-19(18)31-20-12-26-15-27-21(20)28-13-23(14-28)7-9-25-10-8-23;2*1-6-2-4-7(5-3-6)11(8,9)10/h5-6,11-12,15-16,25H,4,7-10,13-14H2,1-3H3;2*2-5H,1H3,(H,8,9,10)/p-2. The maximum Gasteiger partial charge on any atom is 0.257 e. The van der Waals surface area contributed by atoms with Gasteiger partial charge in [0, 0.05) is 31.1 Å². The van der Waals surface area contributed by atoms with Crippen LogP contribution >= 0.6 is 0 Å². The van der Waals surface area contributed by atoms with E-state index in [2.05, 4.69) is 20.2 Å². The van der Waals surface area contributed by atoms with Gasteiger partial charge in [-0.15, -0.1) is 0 Å². The van der Waals surface area contributed by atoms with Crippen LogP contribution in [0.3, 0.4) is 0 Å². The number of amides is 1. The van der Waals surface area contributed by atoms with Crippen molar-refractivity contribution >= 4 is 32.0 Å². The topological polar surface area (TPSA) is 185 Å². The van der Waals surface area contributed by atoms with Crippen LogP contribution in [0, 0.1) is 25.1 Å². The summed E-state index contributed by atoms with van der Waals surface area (Å²) in [6.45, 7) is 13.9. The maximum atomic E-state index is 14.0. The summed E-state index contributed by atoms with van der Waals surface area (Å²) in [4.78, 5) is 25.2. The number of carbonyl (C=O) groups is 1. The van der Waals surface area contributed by atoms with Crippen LogP contribution in [0.2, 0.25) is 0 Å². The molecule has 3 aromatic carbocycles. The van der Waals surface area contributed by atoms with Crippen molar-refractivity contribution in [2.45, 2.75) is 63.3 Å². The zero-order valence-corrected chi connectivity index (χ0v) is 31.9. The number of nitrogens with one attached hydrogen (secondary N) is 1. The number of anilines is 1. The van der Waals surface area contributed by atoms with E-state index in [0.717, 1.165) is 50.1 Å². The van der Waals surface area contributed by atoms with E-state index < -0.39 is 26.1 Å². The Morgan fingerprint density at radius 1 is 0.906 bits per heavy atom. The summed E-state index contributed by atoms with van der Waals surface area (Å²) >= 11 is 0. The summed E-state index contributed by atoms with van der Waals surface area (Å²) in [6, 6.07) is 15.6. The lowest BCUT2D eigenvalue weighted by atomic mass is 9.72. The van der Waals surface area contributed by atoms with E-state index in [1.165, 1.54) is 48.8 Å². The Balaban J connectivity index is 0.000000232. The van der Waals surface area contributed by atoms with Crippen LogP contribution in [0.1, 0.15) is 55.1 Å². The second kappa shape index (κ2) is 17.6. The Morgan fingerprint density at radius 3 is 1.91 bits per heavy atom. The van der Waals surface area contributed by atoms with Gasteiger partial charge in [-0.2, -0.15) is 0 Å². The van der Waals surface area contributed by atoms with Crippen molar-refractivity contribution in [3.05, 3.63) is 102 Å². The Kier molecular flexibility index (Phi) is 13.7. The van der Waals surface area contributed by atoms with Crippen LogP contribution in [0.25, 0.3) is 0 Å². The zero-order valence-electron chi connectivity index (χ0n) is 30.3. The van der Waals surface area contributed by atoms with E-state index in [1.807, 2.05) is 34.6 Å². The smallest absolute Gasteiger partial charge is 0.257 e. The second-order valence-corrected chi connectivity index (χ2v) is 16.0. The number of hydrogen-bond donors (Lipinski definition) is 1. The molecule has 0 radical (unpaired) electrons. The molecule has 0 bridgehead atoms. The molecule has 1 aromatic heterocycles. The first-order chi connectivity index (χ1) is 24.9. The van der Waals surface area contributed by atoms with Crippen molar-refractivity contribution in [2.24, 2.45) is 5.41 Å². The molecule has 1 amide bonds. The lowest BCUT2D eigenvalue weighted by Crippen LogP contribution is -2.60. The van der Waals surface area contributed by atoms with Gasteiger partial charge >= 0.3 is 0 Å². The van der Waals surface area contributed by atoms with Crippen LogP contribution < -0.4 is 15.0 Å². The van der Waals surface area contributed by atoms with Crippen molar-refractivity contribution in [1.29, 1.82) is 0 Å². The molecule has 53 heavy (non-hydrogen) atoms. The van der Waals surface area contributed by atoms with Gasteiger partial charge in [0.05, 0.1) is 21.6 Å². The molecule has 1 N–H and O–H groups in total. The molecule has 2 aliphatic heterocycles. The number of benzene rings is 3. The van der Waals surface area contributed by atoms with E-state index in [9.17, 15) is 35.1 Å². The highest BCUT2D eigenvalue weighted by atomic mass is 32.2. The number of hydrogen-bond acceptors (Lipinski definition) is 12. The molecule has 0 aliphatic carbocycles. The van der Waals surface area contributed by atoms with Crippen LogP contribution in [-0.2, 0) is 20.2 Å². The normalized spacial score (nSPS) is 15.0. The minimum Gasteiger partial charge on any atom is -0.744 e. The van der Waals surface area contributed by atoms with Gasteiger partial charge in [-0.1, -0.05) is 35.4 Å². The molecule has 1 spiro atoms. The van der Waals surface area contributed by atoms with Gasteiger partial charge in [0.25, 0.3) is 5.91 Å². The average Bonchev–Trinajstić information content (AvgIpc) is 3.09. The lowest BCUT2D eigenvalue weighted by Gasteiger charge is -2.53. The third kappa shape index (κ3) is 11.3. The van der Waals surface area contributed by atoms with Gasteiger partial charge in [0.1, 0.15) is 38.1 Å². The van der Waals surface area contributed by atoms with Crippen LogP contribution in [0.15, 0.2) is 89.0 Å². The highest BCUT2D eigenvalue weighted by molar-refractivity contribution is 7.86. The molecule has 0 unspecified atom stereocenters. The van der Waals surface area contributed by atoms with Crippen LogP contribution in [-0.4, -0.2) is 85.5 Å². The summed E-state index contributed by atoms with van der Waals surface area (Å²) in [7, 11) is -8.54. The molecule has 2 aliphatic rings. The number of halogens is 1. The lowest BCUT2D eigenvalue weighted by molar-refractivity contribution is 0.0713. The SMILES string of the molecule is CCN(C(=O)c1cc(F)ccc1Oc1cncnc1N1CC2(CCNCC2)C1)C(C)C.Cc1ccc(S(=O)(=O)[O-])cc1.Cc1ccc(S(=O)(=O)[O-])cc1. The third-order valence-electron chi connectivity index (χ3n) is 8.91. The fraction of sp³-hybridized carbons (Fsp3) is 0.378. The highest BCUT2D eigenvalue weighted by Gasteiger charge is 2.44. The predicted octanol–water partition coefficient (Wildman–Crippen LogP) is 5.27. The molecule has 6 rings (SSSR count). The van der Waals surface area contributed by atoms with Gasteiger partial charge in [-0.3, -0.25) is 4.79 Å². The Hall–Kier alpha value is -4.48. The van der Waals surface area contributed by atoms with Gasteiger partial charge in [0.15, 0.2) is 11.6 Å². The molecular weight excluding hydrogens is 726 g/mol. The number of nitrogens with zero attached hydrogens (tertiary/aromatic N) is 4. The minimum absolute atomic E-state index is 0.00787. The number of rotatable bonds is 8. The van der Waals surface area contributed by atoms with E-state index in [1.54, 1.807) is 35.4 Å². The molecule has 2 fully saturated rings. The summed E-state index contributed by atoms with van der Waals surface area (Å²) in [5.74, 6) is 0.745. The van der Waals surface area contributed by atoms with E-state index in [-0.39, 0.29) is 27.3 Å². The highest BCUT2D eigenvalue weighted by Crippen LogP contribution is 2.43. The molecule has 0 saturated carbocycles. The van der Waals surface area contributed by atoms with E-state index >= 15 is 0 Å². The monoisotopic (exact) mass is 769 g/mol. The minimum atomic E-state index is -4.27. The Bertz CT molecular complexity index is 1990. The van der Waals surface area contributed by atoms with E-state index in [4.69, 9.17) is 4.74 Å². The van der Waals surface area contributed by atoms with Crippen molar-refractivity contribution in [3.63, 3.8) is 0 Å². The van der Waals surface area contributed by atoms with Crippen LogP contribution in [0.4, 0.5) is 10.2 Å². The predicted molar refractivity (Wildman–Crippen MR) is 195 cm³/mol. The summed E-state index contributed by atoms with van der Waals surface area (Å²) in [5.41, 5.74) is 2.39. The number of ether oxygens (including phenoxy) is 1. The van der Waals surface area contributed by atoms with Gasteiger partial charge in [-0.05, 0) is 103 Å². The molecule has 286 valence electrons. The summed E-state index contributed by atoms with van der Waals surface area (Å²) in [6.07, 6.45) is 5.42. The first-order valence-electron chi connectivity index (χ1n) is 17.0. The number of piperidine rings is 1. The molecule has 0 atom stereocenters. The Labute approximate surface area is 310 Å². The fourth-order valence-corrected chi connectivity index (χ4v) is 6.93. The fourth-order valence-electron chi connectivity index (χ4n) is 5.99. The average molecular weight is 770 g/mol. The first-order valence-corrected chi connectivity index (χ1v) is 19.8. The molecule has 2 saturated heterocycles. The van der Waals surface area contributed by atoms with Crippen molar-refractivity contribution in [2.75, 3.05) is 37.6 Å². The van der Waals surface area contributed by atoms with Crippen molar-refractivity contribution in [3.8, 4) is 11.5 Å². The van der Waals surface area contributed by atoms with Gasteiger partial charge in [0.2, 0.25) is 0 Å². The van der Waals surface area contributed by atoms with E-state index in [0.29, 0.717) is 29.3 Å². The first kappa shape index (κ1) is 41.3. The van der Waals surface area contributed by atoms with Crippen LogP contribution in [0.5, 0.6) is 11.5 Å². The summed E-state index contributed by atoms with van der Waals surface area (Å²) in [5, 5.41) is 3.41. The van der Waals surface area contributed by atoms with Gasteiger partial charge < -0.3 is 29.0 Å². The van der Waals surface area contributed by atoms with Crippen molar-refractivity contribution in [1.82, 2.24) is 20.2 Å². The molecule has 4 aromatic rings. The number of carbonyl (C=O) groups excluding carboxylic acids is 1. The molecule has 16 heteroatoms. The largest absolute Gasteiger partial charge is 0.744 e. The second-order valence-electron chi connectivity index (χ2n) is 13.3. The molecule has 13 nitrogen and oxygen atoms in total. The summed E-state index contributed by atoms with van der Waals surface area (Å²) < 4.78 is 82.5. The quantitative estimate of drug-likeness (QED) is 0.230.